The van der Waals surface area contributed by atoms with Crippen LogP contribution in [0.2, 0.25) is 0 Å². The lowest BCUT2D eigenvalue weighted by molar-refractivity contribution is -0.272. The Morgan fingerprint density at radius 2 is 0.714 bits per heavy atom. The SMILES string of the molecule is CC(C)(C)c1cc(C(=O)O)cc(C(C)(C)C)c1[O-].CC(C)(C)c1cc(C(=O)O)cc(C(C)(C)C)c1[O-].CCCCCC. The first kappa shape index (κ1) is 39.0. The van der Waals surface area contributed by atoms with E-state index in [4.69, 9.17) is 10.2 Å². The fraction of sp³-hybridized carbons (Fsp3) is 0.611. The minimum absolute atomic E-state index is 0.0417. The summed E-state index contributed by atoms with van der Waals surface area (Å²) in [5, 5.41) is 43.2. The molecule has 42 heavy (non-hydrogen) atoms. The molecule has 0 heterocycles. The number of carboxylic acid groups (broad SMARTS) is 2. The molecule has 0 fully saturated rings. The summed E-state index contributed by atoms with van der Waals surface area (Å²) in [4.78, 5) is 22.3. The van der Waals surface area contributed by atoms with Gasteiger partial charge in [0.15, 0.2) is 0 Å². The van der Waals surface area contributed by atoms with Gasteiger partial charge in [0.1, 0.15) is 0 Å². The van der Waals surface area contributed by atoms with Crippen LogP contribution in [-0.2, 0) is 21.7 Å². The van der Waals surface area contributed by atoms with Crippen LogP contribution >= 0.6 is 0 Å². The summed E-state index contributed by atoms with van der Waals surface area (Å²) in [5.41, 5.74) is 1.18. The van der Waals surface area contributed by atoms with Gasteiger partial charge in [-0.25, -0.2) is 9.59 Å². The Morgan fingerprint density at radius 1 is 0.524 bits per heavy atom. The van der Waals surface area contributed by atoms with Crippen molar-refractivity contribution in [1.29, 1.82) is 0 Å². The molecule has 0 amide bonds. The van der Waals surface area contributed by atoms with Crippen LogP contribution < -0.4 is 10.2 Å². The topological polar surface area (TPSA) is 121 Å². The van der Waals surface area contributed by atoms with E-state index in [9.17, 15) is 19.8 Å². The third-order valence-corrected chi connectivity index (χ3v) is 6.86. The average Bonchev–Trinajstić information content (AvgIpc) is 2.80. The van der Waals surface area contributed by atoms with Crippen molar-refractivity contribution in [1.82, 2.24) is 0 Å². The Hall–Kier alpha value is -3.02. The molecule has 6 heteroatoms. The van der Waals surface area contributed by atoms with Crippen LogP contribution in [0, 0.1) is 0 Å². The highest BCUT2D eigenvalue weighted by atomic mass is 16.4. The molecule has 238 valence electrons. The molecule has 6 nitrogen and oxygen atoms in total. The van der Waals surface area contributed by atoms with E-state index in [0.29, 0.717) is 22.3 Å². The van der Waals surface area contributed by atoms with E-state index in [-0.39, 0.29) is 44.3 Å². The second-order valence-corrected chi connectivity index (χ2v) is 15.1. The van der Waals surface area contributed by atoms with Gasteiger partial charge >= 0.3 is 11.9 Å². The predicted molar refractivity (Wildman–Crippen MR) is 170 cm³/mol. The third-order valence-electron chi connectivity index (χ3n) is 6.86. The van der Waals surface area contributed by atoms with Crippen LogP contribution in [0.5, 0.6) is 11.5 Å². The Balaban J connectivity index is 0.000000672. The van der Waals surface area contributed by atoms with Crippen molar-refractivity contribution in [3.05, 3.63) is 57.6 Å². The second-order valence-electron chi connectivity index (χ2n) is 15.1. The van der Waals surface area contributed by atoms with Crippen molar-refractivity contribution < 1.29 is 30.0 Å². The number of carboxylic acids is 2. The molecule has 0 atom stereocenters. The molecular formula is C36H56O6-2. The molecule has 2 aromatic carbocycles. The minimum Gasteiger partial charge on any atom is -0.872 e. The van der Waals surface area contributed by atoms with Crippen molar-refractivity contribution in [2.24, 2.45) is 0 Å². The van der Waals surface area contributed by atoms with Gasteiger partial charge in [0, 0.05) is 0 Å². The first-order valence-electron chi connectivity index (χ1n) is 15.0. The summed E-state index contributed by atoms with van der Waals surface area (Å²) < 4.78 is 0. The van der Waals surface area contributed by atoms with E-state index >= 15 is 0 Å². The highest BCUT2D eigenvalue weighted by Gasteiger charge is 2.25. The third kappa shape index (κ3) is 11.7. The quantitative estimate of drug-likeness (QED) is 0.339. The van der Waals surface area contributed by atoms with E-state index in [2.05, 4.69) is 13.8 Å². The van der Waals surface area contributed by atoms with Crippen LogP contribution in [0.15, 0.2) is 24.3 Å². The number of carbonyl (C=O) groups is 2. The van der Waals surface area contributed by atoms with E-state index in [1.165, 1.54) is 49.9 Å². The van der Waals surface area contributed by atoms with Gasteiger partial charge in [0.2, 0.25) is 0 Å². The maximum Gasteiger partial charge on any atom is 0.335 e. The van der Waals surface area contributed by atoms with Crippen molar-refractivity contribution in [3.63, 3.8) is 0 Å². The molecule has 0 bridgehead atoms. The molecule has 2 aromatic rings. The van der Waals surface area contributed by atoms with Crippen LogP contribution in [0.3, 0.4) is 0 Å². The maximum atomic E-state index is 12.4. The molecule has 0 aliphatic heterocycles. The number of rotatable bonds is 5. The number of unbranched alkanes of at least 4 members (excludes halogenated alkanes) is 3. The molecule has 0 saturated carbocycles. The van der Waals surface area contributed by atoms with Gasteiger partial charge in [0.05, 0.1) is 11.1 Å². The van der Waals surface area contributed by atoms with E-state index in [0.717, 1.165) is 0 Å². The summed E-state index contributed by atoms with van der Waals surface area (Å²) in [5.74, 6) is -2.07. The minimum atomic E-state index is -0.994. The molecule has 0 radical (unpaired) electrons. The fourth-order valence-electron chi connectivity index (χ4n) is 4.23. The van der Waals surface area contributed by atoms with Gasteiger partial charge in [0.25, 0.3) is 0 Å². The van der Waals surface area contributed by atoms with Crippen molar-refractivity contribution in [3.8, 4) is 11.5 Å². The average molecular weight is 585 g/mol. The Kier molecular flexibility index (Phi) is 13.9. The summed E-state index contributed by atoms with van der Waals surface area (Å²) >= 11 is 0. The van der Waals surface area contributed by atoms with Crippen LogP contribution in [0.4, 0.5) is 0 Å². The molecule has 0 saturated heterocycles. The van der Waals surface area contributed by atoms with Gasteiger partial charge < -0.3 is 20.4 Å². The fourth-order valence-corrected chi connectivity index (χ4v) is 4.23. The molecule has 0 aliphatic rings. The first-order valence-corrected chi connectivity index (χ1v) is 15.0. The van der Waals surface area contributed by atoms with E-state index in [1.54, 1.807) is 0 Å². The summed E-state index contributed by atoms with van der Waals surface area (Å²) in [6, 6.07) is 6.00. The van der Waals surface area contributed by atoms with E-state index < -0.39 is 11.9 Å². The van der Waals surface area contributed by atoms with Crippen LogP contribution in [-0.4, -0.2) is 22.2 Å². The molecule has 0 aromatic heterocycles. The Morgan fingerprint density at radius 3 is 0.833 bits per heavy atom. The van der Waals surface area contributed by atoms with Crippen LogP contribution in [0.1, 0.15) is 166 Å². The zero-order valence-electron chi connectivity index (χ0n) is 28.7. The highest BCUT2D eigenvalue weighted by molar-refractivity contribution is 5.89. The summed E-state index contributed by atoms with van der Waals surface area (Å²) in [7, 11) is 0. The number of benzene rings is 2. The Bertz CT molecular complexity index is 1030. The number of hydrogen-bond acceptors (Lipinski definition) is 4. The summed E-state index contributed by atoms with van der Waals surface area (Å²) in [6.07, 6.45) is 5.54. The van der Waals surface area contributed by atoms with Crippen molar-refractivity contribution in [2.45, 2.75) is 144 Å². The van der Waals surface area contributed by atoms with Gasteiger partial charge in [-0.15, -0.1) is 11.5 Å². The predicted octanol–water partition coefficient (Wildman–Crippen LogP) is 8.69. The molecule has 2 N–H and O–H groups in total. The van der Waals surface area contributed by atoms with Crippen molar-refractivity contribution in [2.75, 3.05) is 0 Å². The molecule has 0 unspecified atom stereocenters. The maximum absolute atomic E-state index is 12.4. The van der Waals surface area contributed by atoms with E-state index in [1.807, 2.05) is 83.1 Å². The normalized spacial score (nSPS) is 12.0. The lowest BCUT2D eigenvalue weighted by Gasteiger charge is -2.33. The van der Waals surface area contributed by atoms with Crippen molar-refractivity contribution >= 4 is 11.9 Å². The first-order chi connectivity index (χ1) is 18.8. The van der Waals surface area contributed by atoms with Gasteiger partial charge in [-0.1, -0.05) is 123 Å². The molecule has 0 spiro atoms. The number of hydrogen-bond donors (Lipinski definition) is 2. The zero-order valence-corrected chi connectivity index (χ0v) is 28.7. The largest absolute Gasteiger partial charge is 0.872 e. The van der Waals surface area contributed by atoms with Gasteiger partial charge in [-0.3, -0.25) is 0 Å². The summed E-state index contributed by atoms with van der Waals surface area (Å²) in [6.45, 7) is 27.5. The monoisotopic (exact) mass is 584 g/mol. The second kappa shape index (κ2) is 14.9. The molecule has 0 aliphatic carbocycles. The molecular weight excluding hydrogens is 528 g/mol. The van der Waals surface area contributed by atoms with Crippen LogP contribution in [0.25, 0.3) is 0 Å². The van der Waals surface area contributed by atoms with Gasteiger partial charge in [-0.05, 0) is 68.2 Å². The molecule has 2 rings (SSSR count). The Labute approximate surface area is 255 Å². The van der Waals surface area contributed by atoms with Gasteiger partial charge in [-0.2, -0.15) is 0 Å². The lowest BCUT2D eigenvalue weighted by Crippen LogP contribution is -2.22. The highest BCUT2D eigenvalue weighted by Crippen LogP contribution is 2.39. The standard InChI is InChI=1S/2C15H22O3.C6H14/c2*1-14(2,3)10-7-9(13(17)18)8-11(12(10)16)15(4,5)6;1-3-5-6-4-2/h2*7-8,16H,1-6H3,(H,17,18);3-6H2,1-2H3/p-2. The number of aromatic carboxylic acids is 2. The smallest absolute Gasteiger partial charge is 0.335 e. The zero-order chi connectivity index (χ0) is 33.4. The lowest BCUT2D eigenvalue weighted by atomic mass is 9.78.